The summed E-state index contributed by atoms with van der Waals surface area (Å²) in [6.45, 7) is 0. The number of oxazole rings is 1. The molecule has 1 aromatic carbocycles. The van der Waals surface area contributed by atoms with Gasteiger partial charge >= 0.3 is 5.76 Å². The fraction of sp³-hybridized carbons (Fsp3) is 0.533. The summed E-state index contributed by atoms with van der Waals surface area (Å²) in [4.78, 5) is 11.5. The van der Waals surface area contributed by atoms with E-state index in [2.05, 4.69) is 11.4 Å². The van der Waals surface area contributed by atoms with Crippen LogP contribution in [-0.4, -0.2) is 11.6 Å². The van der Waals surface area contributed by atoms with E-state index in [-0.39, 0.29) is 5.76 Å². The molecule has 0 bridgehead atoms. The van der Waals surface area contributed by atoms with E-state index in [4.69, 9.17) is 4.42 Å². The maximum absolute atomic E-state index is 11.5. The van der Waals surface area contributed by atoms with Gasteiger partial charge in [-0.1, -0.05) is 25.3 Å². The first-order valence-corrected chi connectivity index (χ1v) is 6.96. The molecule has 19 heavy (non-hydrogen) atoms. The summed E-state index contributed by atoms with van der Waals surface area (Å²) in [5, 5.41) is 3.38. The van der Waals surface area contributed by atoms with Crippen LogP contribution in [0.2, 0.25) is 0 Å². The molecule has 0 saturated heterocycles. The second-order valence-electron chi connectivity index (χ2n) is 5.53. The van der Waals surface area contributed by atoms with Gasteiger partial charge in [0.15, 0.2) is 5.58 Å². The predicted molar refractivity (Wildman–Crippen MR) is 75.2 cm³/mol. The van der Waals surface area contributed by atoms with Crippen molar-refractivity contribution in [1.29, 1.82) is 0 Å². The summed E-state index contributed by atoms with van der Waals surface area (Å²) in [6.07, 6.45) is 5.23. The Labute approximate surface area is 112 Å². The molecule has 1 aliphatic carbocycles. The molecule has 1 atom stereocenters. The lowest BCUT2D eigenvalue weighted by molar-refractivity contribution is 0.265. The molecule has 1 heterocycles. The maximum atomic E-state index is 11.5. The normalized spacial score (nSPS) is 17.6. The standard InChI is InChI=1S/C15H20N2O2/c1-16-12(8-10-4-3-5-10)11-6-7-13-14(9-11)19-15(18)17(13)2/h6-7,9-10,12,16H,3-5,8H2,1-2H3. The van der Waals surface area contributed by atoms with Gasteiger partial charge in [0.1, 0.15) is 0 Å². The zero-order valence-corrected chi connectivity index (χ0v) is 11.5. The van der Waals surface area contributed by atoms with Crippen molar-refractivity contribution >= 4 is 11.1 Å². The molecule has 0 aliphatic heterocycles. The highest BCUT2D eigenvalue weighted by Crippen LogP contribution is 2.35. The van der Waals surface area contributed by atoms with Crippen LogP contribution < -0.4 is 11.1 Å². The molecule has 102 valence electrons. The van der Waals surface area contributed by atoms with Crippen LogP contribution >= 0.6 is 0 Å². The van der Waals surface area contributed by atoms with Crippen LogP contribution in [0.1, 0.15) is 37.3 Å². The fourth-order valence-electron chi connectivity index (χ4n) is 2.85. The number of fused-ring (bicyclic) bond motifs is 1. The van der Waals surface area contributed by atoms with Crippen molar-refractivity contribution in [2.75, 3.05) is 7.05 Å². The summed E-state index contributed by atoms with van der Waals surface area (Å²) in [5.41, 5.74) is 2.74. The number of rotatable bonds is 4. The van der Waals surface area contributed by atoms with Crippen LogP contribution in [0.5, 0.6) is 0 Å². The third kappa shape index (κ3) is 2.21. The Morgan fingerprint density at radius 2 is 2.26 bits per heavy atom. The van der Waals surface area contributed by atoms with Gasteiger partial charge in [-0.3, -0.25) is 4.57 Å². The number of nitrogens with one attached hydrogen (secondary N) is 1. The lowest BCUT2D eigenvalue weighted by Gasteiger charge is -2.29. The number of hydrogen-bond acceptors (Lipinski definition) is 3. The van der Waals surface area contributed by atoms with Gasteiger partial charge in [0.25, 0.3) is 0 Å². The maximum Gasteiger partial charge on any atom is 0.419 e. The zero-order chi connectivity index (χ0) is 13.4. The summed E-state index contributed by atoms with van der Waals surface area (Å²) in [7, 11) is 3.73. The lowest BCUT2D eigenvalue weighted by atomic mass is 9.79. The van der Waals surface area contributed by atoms with E-state index in [9.17, 15) is 4.79 Å². The number of aromatic nitrogens is 1. The van der Waals surface area contributed by atoms with Gasteiger partial charge in [0.2, 0.25) is 0 Å². The molecular weight excluding hydrogens is 240 g/mol. The molecule has 4 nitrogen and oxygen atoms in total. The summed E-state index contributed by atoms with van der Waals surface area (Å²) >= 11 is 0. The second kappa shape index (κ2) is 4.85. The van der Waals surface area contributed by atoms with Gasteiger partial charge in [-0.2, -0.15) is 0 Å². The minimum absolute atomic E-state index is 0.299. The molecule has 1 unspecified atom stereocenters. The largest absolute Gasteiger partial charge is 0.419 e. The highest BCUT2D eigenvalue weighted by atomic mass is 16.4. The minimum atomic E-state index is -0.299. The van der Waals surface area contributed by atoms with E-state index in [1.54, 1.807) is 11.6 Å². The quantitative estimate of drug-likeness (QED) is 0.919. The number of aryl methyl sites for hydroxylation is 1. The van der Waals surface area contributed by atoms with Crippen molar-refractivity contribution < 1.29 is 4.42 Å². The van der Waals surface area contributed by atoms with Gasteiger partial charge < -0.3 is 9.73 Å². The van der Waals surface area contributed by atoms with Crippen LogP contribution in [0.3, 0.4) is 0 Å². The average molecular weight is 260 g/mol. The predicted octanol–water partition coefficient (Wildman–Crippen LogP) is 2.58. The Hall–Kier alpha value is -1.55. The topological polar surface area (TPSA) is 47.2 Å². The number of hydrogen-bond donors (Lipinski definition) is 1. The molecule has 0 radical (unpaired) electrons. The van der Waals surface area contributed by atoms with Crippen LogP contribution in [0.4, 0.5) is 0 Å². The van der Waals surface area contributed by atoms with Gasteiger partial charge in [0, 0.05) is 13.1 Å². The first kappa shape index (κ1) is 12.5. The molecule has 1 aromatic heterocycles. The van der Waals surface area contributed by atoms with Crippen molar-refractivity contribution in [3.05, 3.63) is 34.3 Å². The fourth-order valence-corrected chi connectivity index (χ4v) is 2.85. The minimum Gasteiger partial charge on any atom is -0.408 e. The average Bonchev–Trinajstić information content (AvgIpc) is 2.64. The third-order valence-electron chi connectivity index (χ3n) is 4.36. The van der Waals surface area contributed by atoms with E-state index < -0.39 is 0 Å². The van der Waals surface area contributed by atoms with Gasteiger partial charge in [0.05, 0.1) is 5.52 Å². The third-order valence-corrected chi connectivity index (χ3v) is 4.36. The Kier molecular flexibility index (Phi) is 3.19. The van der Waals surface area contributed by atoms with Crippen LogP contribution in [0.15, 0.2) is 27.4 Å². The molecule has 4 heteroatoms. The zero-order valence-electron chi connectivity index (χ0n) is 11.5. The molecule has 1 fully saturated rings. The van der Waals surface area contributed by atoms with Crippen molar-refractivity contribution in [2.45, 2.75) is 31.7 Å². The Morgan fingerprint density at radius 3 is 2.89 bits per heavy atom. The molecule has 0 amide bonds. The van der Waals surface area contributed by atoms with Crippen LogP contribution in [0, 0.1) is 5.92 Å². The molecule has 3 rings (SSSR count). The molecule has 1 N–H and O–H groups in total. The highest BCUT2D eigenvalue weighted by Gasteiger charge is 2.22. The lowest BCUT2D eigenvalue weighted by Crippen LogP contribution is -2.23. The van der Waals surface area contributed by atoms with Crippen LogP contribution in [0.25, 0.3) is 11.1 Å². The first-order valence-electron chi connectivity index (χ1n) is 6.96. The molecule has 1 aliphatic rings. The van der Waals surface area contributed by atoms with E-state index in [1.807, 2.05) is 19.2 Å². The van der Waals surface area contributed by atoms with Gasteiger partial charge in [-0.15, -0.1) is 0 Å². The van der Waals surface area contributed by atoms with E-state index >= 15 is 0 Å². The highest BCUT2D eigenvalue weighted by molar-refractivity contribution is 5.73. The van der Waals surface area contributed by atoms with Gasteiger partial charge in [-0.25, -0.2) is 4.79 Å². The Bertz CT molecular complexity index is 637. The number of benzene rings is 1. The molecule has 0 spiro atoms. The first-order chi connectivity index (χ1) is 9.19. The van der Waals surface area contributed by atoms with Crippen LogP contribution in [-0.2, 0) is 7.05 Å². The Morgan fingerprint density at radius 1 is 1.47 bits per heavy atom. The molecular formula is C15H20N2O2. The number of nitrogens with zero attached hydrogens (tertiary/aromatic N) is 1. The molecule has 1 saturated carbocycles. The van der Waals surface area contributed by atoms with E-state index in [1.165, 1.54) is 31.2 Å². The van der Waals surface area contributed by atoms with E-state index in [0.29, 0.717) is 11.6 Å². The Balaban J connectivity index is 1.92. The monoisotopic (exact) mass is 260 g/mol. The second-order valence-corrected chi connectivity index (χ2v) is 5.53. The van der Waals surface area contributed by atoms with Crippen molar-refractivity contribution in [3.8, 4) is 0 Å². The SMILES string of the molecule is CNC(CC1CCC1)c1ccc2c(c1)oc(=O)n2C. The summed E-state index contributed by atoms with van der Waals surface area (Å²) in [6, 6.07) is 6.41. The van der Waals surface area contributed by atoms with Crippen molar-refractivity contribution in [2.24, 2.45) is 13.0 Å². The van der Waals surface area contributed by atoms with Crippen molar-refractivity contribution in [1.82, 2.24) is 9.88 Å². The summed E-state index contributed by atoms with van der Waals surface area (Å²) < 4.78 is 6.80. The summed E-state index contributed by atoms with van der Waals surface area (Å²) in [5.74, 6) is 0.545. The van der Waals surface area contributed by atoms with Crippen molar-refractivity contribution in [3.63, 3.8) is 0 Å². The smallest absolute Gasteiger partial charge is 0.408 e. The van der Waals surface area contributed by atoms with E-state index in [0.717, 1.165) is 11.4 Å². The molecule has 2 aromatic rings. The van der Waals surface area contributed by atoms with Gasteiger partial charge in [-0.05, 0) is 37.1 Å².